The van der Waals surface area contributed by atoms with E-state index in [1.54, 1.807) is 42.9 Å². The van der Waals surface area contributed by atoms with Crippen LogP contribution in [0.1, 0.15) is 22.2 Å². The zero-order chi connectivity index (χ0) is 14.3. The Bertz CT molecular complexity index is 801. The molecule has 3 rings (SSSR count). The van der Waals surface area contributed by atoms with Crippen LogP contribution in [0.4, 0.5) is 5.69 Å². The Labute approximate surface area is 115 Å². The molecule has 2 aromatic heterocycles. The summed E-state index contributed by atoms with van der Waals surface area (Å²) in [6.45, 7) is 3.64. The summed E-state index contributed by atoms with van der Waals surface area (Å²) in [6.07, 6.45) is 1.56. The fourth-order valence-electron chi connectivity index (χ4n) is 2.03. The largest absolute Gasteiger partial charge is 0.441 e. The summed E-state index contributed by atoms with van der Waals surface area (Å²) in [5, 5.41) is 2.83. The van der Waals surface area contributed by atoms with Crippen LogP contribution in [0, 0.1) is 13.8 Å². The first-order chi connectivity index (χ1) is 9.54. The lowest BCUT2D eigenvalue weighted by Crippen LogP contribution is -2.15. The number of nitrogens with zero attached hydrogens (tertiary/aromatic N) is 3. The van der Waals surface area contributed by atoms with Gasteiger partial charge in [-0.15, -0.1) is 0 Å². The van der Waals surface area contributed by atoms with Gasteiger partial charge in [0.1, 0.15) is 17.0 Å². The van der Waals surface area contributed by atoms with Gasteiger partial charge in [-0.25, -0.2) is 9.97 Å². The van der Waals surface area contributed by atoms with E-state index in [0.717, 1.165) is 11.3 Å². The number of imidazole rings is 1. The highest BCUT2D eigenvalue weighted by Crippen LogP contribution is 2.20. The van der Waals surface area contributed by atoms with E-state index in [2.05, 4.69) is 15.3 Å². The van der Waals surface area contributed by atoms with Gasteiger partial charge in [0.2, 0.25) is 0 Å². The maximum Gasteiger partial charge on any atom is 0.273 e. The lowest BCUT2D eigenvalue weighted by Gasteiger charge is -2.05. The maximum atomic E-state index is 12.2. The molecule has 3 aromatic rings. The normalized spacial score (nSPS) is 10.9. The van der Waals surface area contributed by atoms with Crippen molar-refractivity contribution in [2.75, 3.05) is 5.32 Å². The van der Waals surface area contributed by atoms with Crippen LogP contribution in [0.5, 0.6) is 0 Å². The summed E-state index contributed by atoms with van der Waals surface area (Å²) in [5.74, 6) is 1.19. The number of hydrogen-bond acceptors (Lipinski definition) is 4. The number of carbonyl (C=O) groups excluding carboxylic acids is 1. The third kappa shape index (κ3) is 2.05. The highest BCUT2D eigenvalue weighted by atomic mass is 16.3. The summed E-state index contributed by atoms with van der Waals surface area (Å²) >= 11 is 0. The summed E-state index contributed by atoms with van der Waals surface area (Å²) in [6, 6.07) is 5.36. The molecule has 1 N–H and O–H groups in total. The molecule has 1 amide bonds. The third-order valence-corrected chi connectivity index (χ3v) is 3.21. The number of rotatable bonds is 2. The average molecular weight is 270 g/mol. The van der Waals surface area contributed by atoms with Crippen LogP contribution in [-0.4, -0.2) is 20.4 Å². The highest BCUT2D eigenvalue weighted by Gasteiger charge is 2.13. The number of aromatic nitrogens is 3. The predicted octanol–water partition coefficient (Wildman–Crippen LogP) is 2.43. The molecule has 0 saturated carbocycles. The Hall–Kier alpha value is -2.63. The first-order valence-corrected chi connectivity index (χ1v) is 6.21. The minimum absolute atomic E-state index is 0.201. The van der Waals surface area contributed by atoms with Gasteiger partial charge in [-0.05, 0) is 25.1 Å². The number of oxazole rings is 1. The second kappa shape index (κ2) is 4.48. The first kappa shape index (κ1) is 12.4. The molecule has 0 aliphatic carbocycles. The molecule has 6 nitrogen and oxygen atoms in total. The second-order valence-corrected chi connectivity index (χ2v) is 4.62. The zero-order valence-electron chi connectivity index (χ0n) is 11.5. The number of carbonyl (C=O) groups is 1. The summed E-state index contributed by atoms with van der Waals surface area (Å²) in [7, 11) is 1.81. The van der Waals surface area contributed by atoms with Crippen molar-refractivity contribution in [3.8, 4) is 0 Å². The lowest BCUT2D eigenvalue weighted by molar-refractivity contribution is 0.101. The summed E-state index contributed by atoms with van der Waals surface area (Å²) in [4.78, 5) is 20.5. The number of aryl methyl sites for hydroxylation is 2. The number of nitrogens with one attached hydrogen (secondary N) is 1. The fraction of sp³-hybridized carbons (Fsp3) is 0.214. The molecule has 0 bridgehead atoms. The Morgan fingerprint density at radius 1 is 1.35 bits per heavy atom. The van der Waals surface area contributed by atoms with Crippen molar-refractivity contribution < 1.29 is 9.21 Å². The second-order valence-electron chi connectivity index (χ2n) is 4.62. The molecule has 0 fully saturated rings. The molecule has 2 heterocycles. The predicted molar refractivity (Wildman–Crippen MR) is 74.6 cm³/mol. The Kier molecular flexibility index (Phi) is 2.78. The van der Waals surface area contributed by atoms with E-state index >= 15 is 0 Å². The van der Waals surface area contributed by atoms with Crippen LogP contribution in [0.2, 0.25) is 0 Å². The van der Waals surface area contributed by atoms with E-state index in [4.69, 9.17) is 4.42 Å². The highest BCUT2D eigenvalue weighted by molar-refractivity contribution is 6.03. The summed E-state index contributed by atoms with van der Waals surface area (Å²) < 4.78 is 7.14. The summed E-state index contributed by atoms with van der Waals surface area (Å²) in [5.41, 5.74) is 2.62. The minimum Gasteiger partial charge on any atom is -0.441 e. The van der Waals surface area contributed by atoms with Gasteiger partial charge in [0, 0.05) is 19.7 Å². The van der Waals surface area contributed by atoms with Crippen molar-refractivity contribution in [3.05, 3.63) is 41.8 Å². The average Bonchev–Trinajstić information content (AvgIpc) is 2.92. The van der Waals surface area contributed by atoms with Gasteiger partial charge >= 0.3 is 0 Å². The van der Waals surface area contributed by atoms with Gasteiger partial charge in [0.05, 0.1) is 6.20 Å². The standard InChI is InChI=1S/C14H14N4O2/c1-8-15-7-12(18(8)3)14(19)17-10-4-5-13-11(6-10)16-9(2)20-13/h4-7H,1-3H3,(H,17,19). The molecule has 0 atom stereocenters. The topological polar surface area (TPSA) is 73.0 Å². The van der Waals surface area contributed by atoms with Gasteiger partial charge in [-0.3, -0.25) is 4.79 Å². The third-order valence-electron chi connectivity index (χ3n) is 3.21. The number of hydrogen-bond donors (Lipinski definition) is 1. The first-order valence-electron chi connectivity index (χ1n) is 6.21. The van der Waals surface area contributed by atoms with Gasteiger partial charge in [0.25, 0.3) is 5.91 Å². The van der Waals surface area contributed by atoms with Crippen LogP contribution in [0.15, 0.2) is 28.8 Å². The molecule has 0 spiro atoms. The van der Waals surface area contributed by atoms with Crippen LogP contribution in [-0.2, 0) is 7.05 Å². The van der Waals surface area contributed by atoms with E-state index in [1.807, 2.05) is 6.92 Å². The molecule has 6 heteroatoms. The SMILES string of the molecule is Cc1nc2cc(NC(=O)c3cnc(C)n3C)ccc2o1. The molecule has 0 aliphatic heterocycles. The van der Waals surface area contributed by atoms with E-state index in [0.29, 0.717) is 22.9 Å². The monoisotopic (exact) mass is 270 g/mol. The van der Waals surface area contributed by atoms with Gasteiger partial charge < -0.3 is 14.3 Å². The molecule has 0 unspecified atom stereocenters. The molecular formula is C14H14N4O2. The van der Waals surface area contributed by atoms with Crippen molar-refractivity contribution in [2.45, 2.75) is 13.8 Å². The van der Waals surface area contributed by atoms with E-state index < -0.39 is 0 Å². The van der Waals surface area contributed by atoms with Crippen LogP contribution >= 0.6 is 0 Å². The lowest BCUT2D eigenvalue weighted by atomic mass is 10.3. The number of anilines is 1. The van der Waals surface area contributed by atoms with E-state index in [9.17, 15) is 4.79 Å². The van der Waals surface area contributed by atoms with Crippen molar-refractivity contribution in [3.63, 3.8) is 0 Å². The smallest absolute Gasteiger partial charge is 0.273 e. The van der Waals surface area contributed by atoms with Crippen molar-refractivity contribution in [2.24, 2.45) is 7.05 Å². The quantitative estimate of drug-likeness (QED) is 0.776. The van der Waals surface area contributed by atoms with Gasteiger partial charge in [-0.1, -0.05) is 0 Å². The Morgan fingerprint density at radius 2 is 2.15 bits per heavy atom. The molecule has 102 valence electrons. The zero-order valence-corrected chi connectivity index (χ0v) is 11.5. The molecule has 0 radical (unpaired) electrons. The molecule has 20 heavy (non-hydrogen) atoms. The van der Waals surface area contributed by atoms with Crippen molar-refractivity contribution in [1.29, 1.82) is 0 Å². The maximum absolute atomic E-state index is 12.2. The molecule has 0 saturated heterocycles. The van der Waals surface area contributed by atoms with Gasteiger partial charge in [0.15, 0.2) is 11.5 Å². The van der Waals surface area contributed by atoms with Crippen molar-refractivity contribution in [1.82, 2.24) is 14.5 Å². The fourth-order valence-corrected chi connectivity index (χ4v) is 2.03. The van der Waals surface area contributed by atoms with Crippen LogP contribution in [0.3, 0.4) is 0 Å². The van der Waals surface area contributed by atoms with E-state index in [1.165, 1.54) is 0 Å². The Morgan fingerprint density at radius 3 is 2.85 bits per heavy atom. The Balaban J connectivity index is 1.88. The van der Waals surface area contributed by atoms with Crippen LogP contribution < -0.4 is 5.32 Å². The van der Waals surface area contributed by atoms with Crippen molar-refractivity contribution >= 4 is 22.7 Å². The van der Waals surface area contributed by atoms with Crippen LogP contribution in [0.25, 0.3) is 11.1 Å². The minimum atomic E-state index is -0.201. The molecule has 1 aromatic carbocycles. The molecule has 0 aliphatic rings. The van der Waals surface area contributed by atoms with Gasteiger partial charge in [-0.2, -0.15) is 0 Å². The molecular weight excluding hydrogens is 256 g/mol. The number of benzene rings is 1. The van der Waals surface area contributed by atoms with E-state index in [-0.39, 0.29) is 5.91 Å². The number of amides is 1. The number of fused-ring (bicyclic) bond motifs is 1.